The number of thiophene rings is 1. The summed E-state index contributed by atoms with van der Waals surface area (Å²) < 4.78 is 51.5. The summed E-state index contributed by atoms with van der Waals surface area (Å²) in [5.74, 6) is 0.152. The average molecular weight is 677 g/mol. The maximum atomic E-state index is 13.0. The summed E-state index contributed by atoms with van der Waals surface area (Å²) in [7, 11) is 4.34. The second-order valence-corrected chi connectivity index (χ2v) is 17.2. The number of aromatic nitrogens is 5. The standard InChI is InChI=1S/C16H20F3N3OS.C10H12N3O3PS2/c1-9(2)7-10(3)13-12(5-6-24-13)20-15(23)11-8-22(4)21-14(11)16(17,18)19;1-15-17(18,16-2)19-7-13-10(14)8-5-3-4-6-9(8)11-12-13/h5-6,8-10H,7H2,1-4H3,(H,20,23);3-6H,7H2,1-2H3. The number of nitrogens with one attached hydrogen (secondary N) is 1. The van der Waals surface area contributed by atoms with Gasteiger partial charge in [-0.05, 0) is 65.0 Å². The van der Waals surface area contributed by atoms with Gasteiger partial charge in [-0.3, -0.25) is 14.3 Å². The van der Waals surface area contributed by atoms with Gasteiger partial charge < -0.3 is 14.4 Å². The van der Waals surface area contributed by atoms with Crippen molar-refractivity contribution in [2.75, 3.05) is 19.5 Å². The summed E-state index contributed by atoms with van der Waals surface area (Å²) in [6.45, 7) is 6.26. The van der Waals surface area contributed by atoms with Crippen LogP contribution in [0.15, 0.2) is 46.7 Å². The van der Waals surface area contributed by atoms with E-state index in [9.17, 15) is 22.8 Å². The maximum absolute atomic E-state index is 13.0. The molecule has 0 aliphatic rings. The zero-order valence-corrected chi connectivity index (χ0v) is 27.6. The van der Waals surface area contributed by atoms with Crippen molar-refractivity contribution >= 4 is 62.7 Å². The SMILES string of the molecule is CC(C)CC(C)c1sccc1NC(=O)c1cn(C)nc1C(F)(F)F.COP(=S)(OC)SCn1nnc2ccccc2c1=O. The Hall–Kier alpha value is -2.62. The van der Waals surface area contributed by atoms with Crippen LogP contribution in [0.5, 0.6) is 0 Å². The van der Waals surface area contributed by atoms with Crippen molar-refractivity contribution in [3.63, 3.8) is 0 Å². The Bertz CT molecular complexity index is 1650. The predicted molar refractivity (Wildman–Crippen MR) is 168 cm³/mol. The lowest BCUT2D eigenvalue weighted by molar-refractivity contribution is -0.141. The van der Waals surface area contributed by atoms with Gasteiger partial charge in [0.1, 0.15) is 11.4 Å². The van der Waals surface area contributed by atoms with Crippen molar-refractivity contribution in [2.24, 2.45) is 13.0 Å². The Morgan fingerprint density at radius 3 is 2.49 bits per heavy atom. The third kappa shape index (κ3) is 9.19. The average Bonchev–Trinajstić information content (AvgIpc) is 3.59. The molecule has 0 bridgehead atoms. The molecule has 1 amide bonds. The molecule has 0 spiro atoms. The molecule has 1 atom stereocenters. The molecule has 0 saturated heterocycles. The smallest absolute Gasteiger partial charge is 0.325 e. The van der Waals surface area contributed by atoms with E-state index in [4.69, 9.17) is 20.9 Å². The van der Waals surface area contributed by atoms with Gasteiger partial charge in [0.2, 0.25) is 5.69 Å². The lowest BCUT2D eigenvalue weighted by atomic mass is 9.97. The number of fused-ring (bicyclic) bond motifs is 1. The van der Waals surface area contributed by atoms with Crippen LogP contribution in [0.3, 0.4) is 0 Å². The lowest BCUT2D eigenvalue weighted by Crippen LogP contribution is -2.23. The number of rotatable bonds is 10. The molecule has 0 fully saturated rings. The Morgan fingerprint density at radius 2 is 1.86 bits per heavy atom. The molecule has 1 unspecified atom stereocenters. The highest BCUT2D eigenvalue weighted by Gasteiger charge is 2.39. The topological polar surface area (TPSA) is 113 Å². The molecule has 234 valence electrons. The highest BCUT2D eigenvalue weighted by atomic mass is 32.9. The second kappa shape index (κ2) is 14.9. The Balaban J connectivity index is 0.000000242. The zero-order chi connectivity index (χ0) is 31.9. The Morgan fingerprint density at radius 1 is 1.19 bits per heavy atom. The maximum Gasteiger partial charge on any atom is 0.435 e. The van der Waals surface area contributed by atoms with Crippen LogP contribution in [-0.2, 0) is 40.0 Å². The molecule has 4 rings (SSSR count). The van der Waals surface area contributed by atoms with E-state index < -0.39 is 29.0 Å². The van der Waals surface area contributed by atoms with Crippen molar-refractivity contribution in [1.29, 1.82) is 0 Å². The lowest BCUT2D eigenvalue weighted by Gasteiger charge is -2.16. The van der Waals surface area contributed by atoms with E-state index in [0.29, 0.717) is 22.5 Å². The third-order valence-corrected chi connectivity index (χ3v) is 12.7. The van der Waals surface area contributed by atoms with Crippen LogP contribution < -0.4 is 10.9 Å². The molecule has 3 heterocycles. The summed E-state index contributed by atoms with van der Waals surface area (Å²) in [4.78, 5) is 25.5. The van der Waals surface area contributed by atoms with Crippen molar-refractivity contribution < 1.29 is 27.0 Å². The normalized spacial score (nSPS) is 12.7. The molecule has 0 aliphatic heterocycles. The van der Waals surface area contributed by atoms with E-state index in [1.807, 2.05) is 18.4 Å². The second-order valence-electron chi connectivity index (χ2n) is 9.73. The highest BCUT2D eigenvalue weighted by molar-refractivity contribution is 8.67. The minimum absolute atomic E-state index is 0.202. The summed E-state index contributed by atoms with van der Waals surface area (Å²) >= 11 is 7.94. The minimum atomic E-state index is -4.67. The van der Waals surface area contributed by atoms with E-state index in [1.54, 1.807) is 24.3 Å². The number of benzene rings is 1. The van der Waals surface area contributed by atoms with E-state index >= 15 is 0 Å². The molecule has 43 heavy (non-hydrogen) atoms. The fourth-order valence-electron chi connectivity index (χ4n) is 4.09. The first-order chi connectivity index (χ1) is 20.2. The molecular weight excluding hydrogens is 644 g/mol. The fourth-order valence-corrected chi connectivity index (χ4v) is 7.60. The summed E-state index contributed by atoms with van der Waals surface area (Å²) in [5.41, 5.74) is -3.11. The van der Waals surface area contributed by atoms with Crippen molar-refractivity contribution in [1.82, 2.24) is 24.8 Å². The molecule has 0 saturated carbocycles. The number of amides is 1. The van der Waals surface area contributed by atoms with Crippen LogP contribution in [-0.4, -0.2) is 44.9 Å². The van der Waals surface area contributed by atoms with Crippen LogP contribution in [0.25, 0.3) is 10.9 Å². The van der Waals surface area contributed by atoms with E-state index in [-0.39, 0.29) is 17.4 Å². The molecule has 10 nitrogen and oxygen atoms in total. The van der Waals surface area contributed by atoms with Gasteiger partial charge in [-0.15, -0.1) is 16.4 Å². The van der Waals surface area contributed by atoms with Crippen LogP contribution in [0.4, 0.5) is 18.9 Å². The van der Waals surface area contributed by atoms with Gasteiger partial charge in [0.05, 0.1) is 16.6 Å². The van der Waals surface area contributed by atoms with Crippen LogP contribution in [0.2, 0.25) is 0 Å². The first-order valence-corrected chi connectivity index (χ1v) is 18.0. The molecular formula is C26H32F3N6O4PS3. The molecule has 1 N–H and O–H groups in total. The number of hydrogen-bond acceptors (Lipinski definition) is 10. The number of carbonyl (C=O) groups excluding carboxylic acids is 1. The van der Waals surface area contributed by atoms with E-state index in [2.05, 4.69) is 34.6 Å². The van der Waals surface area contributed by atoms with Crippen molar-refractivity contribution in [3.05, 3.63) is 68.4 Å². The Labute approximate surface area is 259 Å². The van der Waals surface area contributed by atoms with Gasteiger partial charge in [0.25, 0.3) is 11.5 Å². The third-order valence-electron chi connectivity index (χ3n) is 5.97. The van der Waals surface area contributed by atoms with Gasteiger partial charge in [0.15, 0.2) is 5.69 Å². The quantitative estimate of drug-likeness (QED) is 0.179. The Kier molecular flexibility index (Phi) is 12.1. The first-order valence-electron chi connectivity index (χ1n) is 12.9. The predicted octanol–water partition coefficient (Wildman–Crippen LogP) is 6.90. The van der Waals surface area contributed by atoms with E-state index in [1.165, 1.54) is 48.7 Å². The molecule has 4 aromatic rings. The van der Waals surface area contributed by atoms with Crippen LogP contribution in [0, 0.1) is 5.92 Å². The highest BCUT2D eigenvalue weighted by Crippen LogP contribution is 2.60. The van der Waals surface area contributed by atoms with Gasteiger partial charge in [-0.2, -0.15) is 23.0 Å². The largest absolute Gasteiger partial charge is 0.435 e. The van der Waals surface area contributed by atoms with Gasteiger partial charge in [-0.25, -0.2) is 0 Å². The zero-order valence-electron chi connectivity index (χ0n) is 24.3. The molecule has 3 aromatic heterocycles. The van der Waals surface area contributed by atoms with Crippen molar-refractivity contribution in [2.45, 2.75) is 45.2 Å². The van der Waals surface area contributed by atoms with Gasteiger partial charge in [0, 0.05) is 32.3 Å². The molecule has 17 heteroatoms. The summed E-state index contributed by atoms with van der Waals surface area (Å²) in [6.07, 6.45) is -2.65. The molecule has 0 radical (unpaired) electrons. The first kappa shape index (κ1) is 34.9. The number of hydrogen-bond donors (Lipinski definition) is 1. The summed E-state index contributed by atoms with van der Waals surface area (Å²) in [6, 6.07) is 8.78. The summed E-state index contributed by atoms with van der Waals surface area (Å²) in [5, 5.41) is 16.2. The molecule has 0 aliphatic carbocycles. The number of nitrogens with zero attached hydrogens (tertiary/aromatic N) is 5. The fraction of sp³-hybridized carbons (Fsp3) is 0.423. The number of halogens is 3. The van der Waals surface area contributed by atoms with Crippen LogP contribution >= 0.6 is 28.4 Å². The number of carbonyl (C=O) groups is 1. The van der Waals surface area contributed by atoms with E-state index in [0.717, 1.165) is 22.2 Å². The molecule has 1 aromatic carbocycles. The monoisotopic (exact) mass is 676 g/mol. The number of aryl methyl sites for hydroxylation is 1. The van der Waals surface area contributed by atoms with Crippen molar-refractivity contribution in [3.8, 4) is 0 Å². The number of anilines is 1. The number of alkyl halides is 3. The van der Waals surface area contributed by atoms with Crippen LogP contribution in [0.1, 0.15) is 54.0 Å². The van der Waals surface area contributed by atoms with Gasteiger partial charge >= 0.3 is 6.18 Å². The van der Waals surface area contributed by atoms with Gasteiger partial charge in [-0.1, -0.05) is 38.1 Å². The minimum Gasteiger partial charge on any atom is -0.325 e.